The van der Waals surface area contributed by atoms with Gasteiger partial charge >= 0.3 is 0 Å². The Labute approximate surface area is 89.2 Å². The van der Waals surface area contributed by atoms with Crippen molar-refractivity contribution in [3.05, 3.63) is 12.7 Å². The van der Waals surface area contributed by atoms with Gasteiger partial charge in [-0.15, -0.1) is 6.58 Å². The molecule has 0 amide bonds. The predicted molar refractivity (Wildman–Crippen MR) is 63.3 cm³/mol. The molecule has 2 atom stereocenters. The van der Waals surface area contributed by atoms with Crippen LogP contribution in [0.4, 0.5) is 0 Å². The molecule has 84 valence electrons. The van der Waals surface area contributed by atoms with Crippen LogP contribution in [-0.2, 0) is 0 Å². The number of hydrogen-bond acceptors (Lipinski definition) is 1. The monoisotopic (exact) mass is 198 g/mol. The maximum atomic E-state index is 9.31. The third-order valence-electron chi connectivity index (χ3n) is 2.96. The van der Waals surface area contributed by atoms with E-state index in [-0.39, 0.29) is 0 Å². The van der Waals surface area contributed by atoms with E-state index in [0.717, 1.165) is 6.42 Å². The minimum Gasteiger partial charge on any atom is -0.396 e. The molecular weight excluding hydrogens is 172 g/mol. The zero-order valence-corrected chi connectivity index (χ0v) is 9.84. The molecule has 1 heteroatoms. The zero-order valence-electron chi connectivity index (χ0n) is 9.84. The molecule has 0 bridgehead atoms. The highest BCUT2D eigenvalue weighted by Crippen LogP contribution is 2.26. The summed E-state index contributed by atoms with van der Waals surface area (Å²) in [5.41, 5.74) is 0. The SMILES string of the molecule is C=CC[C@H](CO)[C@@H](CCC)CCCC. The molecule has 0 unspecified atom stereocenters. The number of unbranched alkanes of at least 4 members (excludes halogenated alkanes) is 1. The lowest BCUT2D eigenvalue weighted by Crippen LogP contribution is -2.18. The highest BCUT2D eigenvalue weighted by atomic mass is 16.3. The Morgan fingerprint density at radius 1 is 1.14 bits per heavy atom. The van der Waals surface area contributed by atoms with Gasteiger partial charge in [-0.05, 0) is 18.3 Å². The quantitative estimate of drug-likeness (QED) is 0.559. The number of aliphatic hydroxyl groups excluding tert-OH is 1. The first-order chi connectivity index (χ1) is 6.79. The molecule has 0 heterocycles. The van der Waals surface area contributed by atoms with Crippen LogP contribution in [0.2, 0.25) is 0 Å². The molecule has 0 aromatic heterocycles. The Balaban J connectivity index is 4.03. The molecule has 0 aromatic rings. The second-order valence-electron chi connectivity index (χ2n) is 4.16. The predicted octanol–water partition coefficient (Wildman–Crippen LogP) is 3.78. The van der Waals surface area contributed by atoms with Gasteiger partial charge in [0, 0.05) is 6.61 Å². The molecule has 14 heavy (non-hydrogen) atoms. The van der Waals surface area contributed by atoms with E-state index in [4.69, 9.17) is 0 Å². The molecule has 0 saturated carbocycles. The first-order valence-corrected chi connectivity index (χ1v) is 6.01. The Bertz CT molecular complexity index is 131. The van der Waals surface area contributed by atoms with Gasteiger partial charge in [0.05, 0.1) is 0 Å². The number of rotatable bonds is 9. The van der Waals surface area contributed by atoms with Crippen molar-refractivity contribution in [3.63, 3.8) is 0 Å². The topological polar surface area (TPSA) is 20.2 Å². The molecule has 0 spiro atoms. The summed E-state index contributed by atoms with van der Waals surface area (Å²) in [6, 6.07) is 0. The van der Waals surface area contributed by atoms with Gasteiger partial charge in [0.2, 0.25) is 0 Å². The lowest BCUT2D eigenvalue weighted by molar-refractivity contribution is 0.161. The molecule has 1 N–H and O–H groups in total. The van der Waals surface area contributed by atoms with Crippen LogP contribution in [0.25, 0.3) is 0 Å². The Morgan fingerprint density at radius 3 is 2.29 bits per heavy atom. The van der Waals surface area contributed by atoms with Crippen molar-refractivity contribution >= 4 is 0 Å². The third-order valence-corrected chi connectivity index (χ3v) is 2.96. The van der Waals surface area contributed by atoms with Gasteiger partial charge in [0.25, 0.3) is 0 Å². The summed E-state index contributed by atoms with van der Waals surface area (Å²) >= 11 is 0. The molecule has 1 nitrogen and oxygen atoms in total. The van der Waals surface area contributed by atoms with Crippen LogP contribution < -0.4 is 0 Å². The van der Waals surface area contributed by atoms with Gasteiger partial charge < -0.3 is 5.11 Å². The van der Waals surface area contributed by atoms with Crippen molar-refractivity contribution in [2.45, 2.75) is 52.4 Å². The summed E-state index contributed by atoms with van der Waals surface area (Å²) < 4.78 is 0. The number of allylic oxidation sites excluding steroid dienone is 1. The van der Waals surface area contributed by atoms with E-state index in [0.29, 0.717) is 18.4 Å². The smallest absolute Gasteiger partial charge is 0.0464 e. The maximum absolute atomic E-state index is 9.31. The summed E-state index contributed by atoms with van der Waals surface area (Å²) in [5.74, 6) is 1.14. The van der Waals surface area contributed by atoms with Crippen LogP contribution in [-0.4, -0.2) is 11.7 Å². The molecule has 0 aliphatic heterocycles. The van der Waals surface area contributed by atoms with Crippen LogP contribution >= 0.6 is 0 Å². The van der Waals surface area contributed by atoms with Crippen LogP contribution in [0.1, 0.15) is 52.4 Å². The van der Waals surface area contributed by atoms with E-state index >= 15 is 0 Å². The van der Waals surface area contributed by atoms with Crippen LogP contribution in [0.3, 0.4) is 0 Å². The summed E-state index contributed by atoms with van der Waals surface area (Å²) in [7, 11) is 0. The average molecular weight is 198 g/mol. The van der Waals surface area contributed by atoms with Gasteiger partial charge in [0.15, 0.2) is 0 Å². The summed E-state index contributed by atoms with van der Waals surface area (Å²) in [5, 5.41) is 9.31. The Hall–Kier alpha value is -0.300. The fourth-order valence-electron chi connectivity index (χ4n) is 2.08. The van der Waals surface area contributed by atoms with Gasteiger partial charge in [-0.3, -0.25) is 0 Å². The van der Waals surface area contributed by atoms with Gasteiger partial charge in [-0.1, -0.05) is 52.0 Å². The molecule has 0 aliphatic carbocycles. The van der Waals surface area contributed by atoms with Crippen LogP contribution in [0.15, 0.2) is 12.7 Å². The fourth-order valence-corrected chi connectivity index (χ4v) is 2.08. The van der Waals surface area contributed by atoms with Crippen molar-refractivity contribution in [2.24, 2.45) is 11.8 Å². The summed E-state index contributed by atoms with van der Waals surface area (Å²) in [6.45, 7) is 8.53. The maximum Gasteiger partial charge on any atom is 0.0464 e. The molecule has 0 saturated heterocycles. The minimum absolute atomic E-state index is 0.320. The standard InChI is InChI=1S/C13H26O/c1-4-7-10-12(8-5-2)13(11-14)9-6-3/h6,12-14H,3-5,7-11H2,1-2H3/t12-,13+/m0/s1. The van der Waals surface area contributed by atoms with E-state index < -0.39 is 0 Å². The summed E-state index contributed by atoms with van der Waals surface area (Å²) in [6.07, 6.45) is 9.19. The number of hydrogen-bond donors (Lipinski definition) is 1. The van der Waals surface area contributed by atoms with Gasteiger partial charge in [0.1, 0.15) is 0 Å². The highest BCUT2D eigenvalue weighted by molar-refractivity contribution is 4.78. The van der Waals surface area contributed by atoms with Gasteiger partial charge in [-0.2, -0.15) is 0 Å². The van der Waals surface area contributed by atoms with Crippen molar-refractivity contribution < 1.29 is 5.11 Å². The van der Waals surface area contributed by atoms with Crippen LogP contribution in [0, 0.1) is 11.8 Å². The van der Waals surface area contributed by atoms with E-state index in [9.17, 15) is 5.11 Å². The van der Waals surface area contributed by atoms with Crippen molar-refractivity contribution in [2.75, 3.05) is 6.61 Å². The average Bonchev–Trinajstić information content (AvgIpc) is 2.21. The lowest BCUT2D eigenvalue weighted by atomic mass is 9.83. The lowest BCUT2D eigenvalue weighted by Gasteiger charge is -2.24. The first kappa shape index (κ1) is 13.7. The highest BCUT2D eigenvalue weighted by Gasteiger charge is 2.18. The molecule has 0 aliphatic rings. The van der Waals surface area contributed by atoms with E-state index in [2.05, 4.69) is 20.4 Å². The molecule has 0 fully saturated rings. The van der Waals surface area contributed by atoms with Crippen molar-refractivity contribution in [3.8, 4) is 0 Å². The minimum atomic E-state index is 0.320. The number of aliphatic hydroxyl groups is 1. The molecule has 0 radical (unpaired) electrons. The summed E-state index contributed by atoms with van der Waals surface area (Å²) in [4.78, 5) is 0. The van der Waals surface area contributed by atoms with Crippen molar-refractivity contribution in [1.29, 1.82) is 0 Å². The Morgan fingerprint density at radius 2 is 1.86 bits per heavy atom. The molecular formula is C13H26O. The van der Waals surface area contributed by atoms with E-state index in [1.807, 2.05) is 6.08 Å². The van der Waals surface area contributed by atoms with Gasteiger partial charge in [-0.25, -0.2) is 0 Å². The van der Waals surface area contributed by atoms with Crippen LogP contribution in [0.5, 0.6) is 0 Å². The third kappa shape index (κ3) is 5.43. The normalized spacial score (nSPS) is 15.1. The second kappa shape index (κ2) is 9.26. The second-order valence-corrected chi connectivity index (χ2v) is 4.16. The largest absolute Gasteiger partial charge is 0.396 e. The van der Waals surface area contributed by atoms with E-state index in [1.165, 1.54) is 32.1 Å². The molecule has 0 aromatic carbocycles. The molecule has 0 rings (SSSR count). The Kier molecular flexibility index (Phi) is 9.06. The van der Waals surface area contributed by atoms with E-state index in [1.54, 1.807) is 0 Å². The fraction of sp³-hybridized carbons (Fsp3) is 0.846. The first-order valence-electron chi connectivity index (χ1n) is 6.01. The zero-order chi connectivity index (χ0) is 10.8. The van der Waals surface area contributed by atoms with Crippen molar-refractivity contribution in [1.82, 2.24) is 0 Å².